The van der Waals surface area contributed by atoms with Gasteiger partial charge < -0.3 is 10.4 Å². The number of nitrogens with one attached hydrogen (secondary N) is 1. The van der Waals surface area contributed by atoms with E-state index in [2.05, 4.69) is 10.3 Å². The smallest absolute Gasteiger partial charge is 0.279 e. The molecule has 2 heterocycles. The molecule has 3 aromatic rings. The van der Waals surface area contributed by atoms with Crippen LogP contribution in [-0.4, -0.2) is 20.9 Å². The highest BCUT2D eigenvalue weighted by Gasteiger charge is 2.33. The number of hydrogen-bond donors (Lipinski definition) is 2. The number of benzene rings is 2. The van der Waals surface area contributed by atoms with Crippen LogP contribution in [-0.2, 0) is 0 Å². The third-order valence-corrected chi connectivity index (χ3v) is 4.17. The number of amides is 1. The molecule has 0 saturated carbocycles. The third-order valence-electron chi connectivity index (χ3n) is 4.17. The molecule has 1 aliphatic heterocycles. The van der Waals surface area contributed by atoms with Gasteiger partial charge in [0.25, 0.3) is 11.6 Å². The average Bonchev–Trinajstić information content (AvgIpc) is 2.92. The number of carbonyl (C=O) groups is 1. The van der Waals surface area contributed by atoms with Gasteiger partial charge in [-0.2, -0.15) is 0 Å². The minimum Gasteiger partial charge on any atom is -0.505 e. The molecule has 0 fully saturated rings. The van der Waals surface area contributed by atoms with Crippen LogP contribution in [0.15, 0.2) is 48.7 Å². The molecule has 2 N–H and O–H groups in total. The third kappa shape index (κ3) is 1.91. The number of aromatic hydroxyl groups is 1. The first-order valence-electron chi connectivity index (χ1n) is 7.22. The van der Waals surface area contributed by atoms with Gasteiger partial charge in [0.1, 0.15) is 11.3 Å². The van der Waals surface area contributed by atoms with E-state index in [1.165, 1.54) is 18.3 Å². The van der Waals surface area contributed by atoms with Gasteiger partial charge in [-0.15, -0.1) is 0 Å². The van der Waals surface area contributed by atoms with Crippen LogP contribution in [0.2, 0.25) is 0 Å². The van der Waals surface area contributed by atoms with Gasteiger partial charge in [-0.3, -0.25) is 19.9 Å². The Labute approximate surface area is 135 Å². The Morgan fingerprint density at radius 2 is 1.96 bits per heavy atom. The van der Waals surface area contributed by atoms with Crippen molar-refractivity contribution in [3.63, 3.8) is 0 Å². The lowest BCUT2D eigenvalue weighted by molar-refractivity contribution is -0.383. The van der Waals surface area contributed by atoms with Crippen LogP contribution in [0.4, 0.5) is 5.69 Å². The van der Waals surface area contributed by atoms with Crippen LogP contribution >= 0.6 is 0 Å². The van der Waals surface area contributed by atoms with Crippen molar-refractivity contribution in [2.45, 2.75) is 6.04 Å². The molecule has 7 heteroatoms. The van der Waals surface area contributed by atoms with Crippen molar-refractivity contribution in [1.82, 2.24) is 10.3 Å². The molecule has 0 spiro atoms. The number of fused-ring (bicyclic) bond motifs is 2. The van der Waals surface area contributed by atoms with E-state index in [1.807, 2.05) is 0 Å². The molecule has 1 aromatic heterocycles. The highest BCUT2D eigenvalue weighted by molar-refractivity contribution is 6.01. The second kappa shape index (κ2) is 5.02. The summed E-state index contributed by atoms with van der Waals surface area (Å²) in [6.07, 6.45) is 1.46. The van der Waals surface area contributed by atoms with Crippen molar-refractivity contribution < 1.29 is 14.8 Å². The predicted molar refractivity (Wildman–Crippen MR) is 85.8 cm³/mol. The first-order chi connectivity index (χ1) is 11.6. The van der Waals surface area contributed by atoms with Crippen LogP contribution in [0.5, 0.6) is 5.75 Å². The number of rotatable bonds is 2. The molecule has 1 aliphatic rings. The molecule has 0 radical (unpaired) electrons. The van der Waals surface area contributed by atoms with Crippen molar-refractivity contribution in [3.05, 3.63) is 75.5 Å². The fourth-order valence-electron chi connectivity index (χ4n) is 3.09. The number of hydrogen-bond acceptors (Lipinski definition) is 5. The van der Waals surface area contributed by atoms with Crippen molar-refractivity contribution in [2.75, 3.05) is 0 Å². The van der Waals surface area contributed by atoms with Crippen molar-refractivity contribution in [2.24, 2.45) is 0 Å². The molecule has 0 bridgehead atoms. The Balaban J connectivity index is 2.00. The summed E-state index contributed by atoms with van der Waals surface area (Å²) in [6.45, 7) is 0. The van der Waals surface area contributed by atoms with E-state index in [1.54, 1.807) is 30.3 Å². The van der Waals surface area contributed by atoms with Crippen LogP contribution in [0, 0.1) is 10.1 Å². The maximum Gasteiger partial charge on any atom is 0.279 e. The molecule has 118 valence electrons. The van der Waals surface area contributed by atoms with E-state index >= 15 is 0 Å². The molecule has 1 amide bonds. The zero-order valence-corrected chi connectivity index (χ0v) is 12.3. The van der Waals surface area contributed by atoms with E-state index in [9.17, 15) is 20.0 Å². The van der Waals surface area contributed by atoms with Gasteiger partial charge in [0.05, 0.1) is 16.4 Å². The molecule has 7 nitrogen and oxygen atoms in total. The molecule has 1 atom stereocenters. The Bertz CT molecular complexity index is 1020. The first-order valence-corrected chi connectivity index (χ1v) is 7.22. The van der Waals surface area contributed by atoms with Crippen molar-refractivity contribution in [1.29, 1.82) is 0 Å². The standard InChI is InChI=1S/C17H11N3O4/c21-16-12(14-9-4-1-2-5-10(9)17(22)19-14)8-13(20(23)24)11-6-3-7-18-15(11)16/h1-8,14,21H,(H,19,22). The lowest BCUT2D eigenvalue weighted by atomic mass is 9.95. The van der Waals surface area contributed by atoms with E-state index in [-0.39, 0.29) is 33.8 Å². The van der Waals surface area contributed by atoms with Crippen LogP contribution in [0.3, 0.4) is 0 Å². The topological polar surface area (TPSA) is 105 Å². The second-order valence-electron chi connectivity index (χ2n) is 5.48. The summed E-state index contributed by atoms with van der Waals surface area (Å²) in [5.41, 5.74) is 1.39. The van der Waals surface area contributed by atoms with E-state index in [0.717, 1.165) is 0 Å². The number of phenols is 1. The van der Waals surface area contributed by atoms with Gasteiger partial charge >= 0.3 is 0 Å². The van der Waals surface area contributed by atoms with Crippen LogP contribution in [0.1, 0.15) is 27.5 Å². The first kappa shape index (κ1) is 14.1. The number of pyridine rings is 1. The summed E-state index contributed by atoms with van der Waals surface area (Å²) in [4.78, 5) is 27.1. The summed E-state index contributed by atoms with van der Waals surface area (Å²) >= 11 is 0. The van der Waals surface area contributed by atoms with E-state index < -0.39 is 11.0 Å². The summed E-state index contributed by atoms with van der Waals surface area (Å²) in [5.74, 6) is -0.447. The molecule has 2 aromatic carbocycles. The quantitative estimate of drug-likeness (QED) is 0.557. The number of non-ortho nitro benzene ring substituents is 1. The van der Waals surface area contributed by atoms with Gasteiger partial charge in [0.15, 0.2) is 0 Å². The fraction of sp³-hybridized carbons (Fsp3) is 0.0588. The Morgan fingerprint density at radius 1 is 1.17 bits per heavy atom. The largest absolute Gasteiger partial charge is 0.505 e. The van der Waals surface area contributed by atoms with Gasteiger partial charge in [0, 0.05) is 23.4 Å². The minimum absolute atomic E-state index is 0.139. The monoisotopic (exact) mass is 321 g/mol. The highest BCUT2D eigenvalue weighted by Crippen LogP contribution is 2.41. The Kier molecular flexibility index (Phi) is 2.96. The molecular formula is C17H11N3O4. The Morgan fingerprint density at radius 3 is 2.75 bits per heavy atom. The van der Waals surface area contributed by atoms with E-state index in [0.29, 0.717) is 11.1 Å². The Hall–Kier alpha value is -3.48. The number of nitro benzene ring substituents is 1. The summed E-state index contributed by atoms with van der Waals surface area (Å²) in [7, 11) is 0. The van der Waals surface area contributed by atoms with Gasteiger partial charge in [-0.1, -0.05) is 18.2 Å². The molecule has 24 heavy (non-hydrogen) atoms. The highest BCUT2D eigenvalue weighted by atomic mass is 16.6. The number of nitrogens with zero attached hydrogens (tertiary/aromatic N) is 2. The molecular weight excluding hydrogens is 310 g/mol. The number of nitro groups is 1. The van der Waals surface area contributed by atoms with Gasteiger partial charge in [0.2, 0.25) is 0 Å². The zero-order valence-electron chi connectivity index (χ0n) is 12.3. The summed E-state index contributed by atoms with van der Waals surface area (Å²) in [6, 6.07) is 10.7. The SMILES string of the molecule is O=C1NC(c2cc([N+](=O)[O-])c3cccnc3c2O)c2ccccc21. The van der Waals surface area contributed by atoms with Gasteiger partial charge in [-0.25, -0.2) is 0 Å². The lowest BCUT2D eigenvalue weighted by Crippen LogP contribution is -2.20. The molecule has 1 unspecified atom stereocenters. The summed E-state index contributed by atoms with van der Waals surface area (Å²) in [5, 5.41) is 25.0. The molecule has 0 saturated heterocycles. The second-order valence-corrected chi connectivity index (χ2v) is 5.48. The predicted octanol–water partition coefficient (Wildman–Crippen LogP) is 2.68. The normalized spacial score (nSPS) is 16.0. The fourth-order valence-corrected chi connectivity index (χ4v) is 3.09. The minimum atomic E-state index is -0.654. The van der Waals surface area contributed by atoms with Crippen LogP contribution in [0.25, 0.3) is 10.9 Å². The van der Waals surface area contributed by atoms with E-state index in [4.69, 9.17) is 0 Å². The maximum absolute atomic E-state index is 12.1. The molecule has 4 rings (SSSR count). The summed E-state index contributed by atoms with van der Waals surface area (Å²) < 4.78 is 0. The number of aromatic nitrogens is 1. The number of phenolic OH excluding ortho intramolecular Hbond substituents is 1. The van der Waals surface area contributed by atoms with Crippen molar-refractivity contribution in [3.8, 4) is 5.75 Å². The zero-order chi connectivity index (χ0) is 16.8. The number of carbonyl (C=O) groups excluding carboxylic acids is 1. The van der Waals surface area contributed by atoms with Gasteiger partial charge in [-0.05, 0) is 23.8 Å². The lowest BCUT2D eigenvalue weighted by Gasteiger charge is -2.15. The van der Waals surface area contributed by atoms with Crippen molar-refractivity contribution >= 4 is 22.5 Å². The maximum atomic E-state index is 12.1. The van der Waals surface area contributed by atoms with Crippen LogP contribution < -0.4 is 5.32 Å². The average molecular weight is 321 g/mol. The molecule has 0 aliphatic carbocycles.